The van der Waals surface area contributed by atoms with Crippen molar-refractivity contribution in [3.63, 3.8) is 0 Å². The largest absolute Gasteiger partial charge is 0.393 e. The number of aromatic nitrogens is 3. The molecular weight excluding hydrogens is 284 g/mol. The zero-order chi connectivity index (χ0) is 15.5. The number of rotatable bonds is 4. The Morgan fingerprint density at radius 2 is 2.14 bits per heavy atom. The highest BCUT2D eigenvalue weighted by Crippen LogP contribution is 2.24. The Hall–Kier alpha value is -1.63. The van der Waals surface area contributed by atoms with Crippen molar-refractivity contribution in [3.05, 3.63) is 16.3 Å². The molecule has 7 nitrogen and oxygen atoms in total. The molecule has 2 unspecified atom stereocenters. The standard InChI is InChI=1S/C15H24N4O3/c20-12-6-4-5-11(12)9-16-14(21)10-19-15(22)18-8-3-1-2-7-13(18)17-19/h11-12,20H,1-10H2,(H,16,21). The van der Waals surface area contributed by atoms with E-state index in [1.54, 1.807) is 4.57 Å². The zero-order valence-corrected chi connectivity index (χ0v) is 12.8. The number of aliphatic hydroxyl groups is 1. The van der Waals surface area contributed by atoms with Crippen LogP contribution in [0.15, 0.2) is 4.79 Å². The van der Waals surface area contributed by atoms with Gasteiger partial charge in [-0.2, -0.15) is 5.10 Å². The van der Waals surface area contributed by atoms with Crippen LogP contribution in [-0.2, 0) is 24.3 Å². The smallest absolute Gasteiger partial charge is 0.346 e. The molecule has 0 spiro atoms. The van der Waals surface area contributed by atoms with Crippen molar-refractivity contribution >= 4 is 5.91 Å². The van der Waals surface area contributed by atoms with Crippen LogP contribution in [0.3, 0.4) is 0 Å². The van der Waals surface area contributed by atoms with Gasteiger partial charge in [0.2, 0.25) is 5.91 Å². The number of nitrogens with one attached hydrogen (secondary N) is 1. The fourth-order valence-corrected chi connectivity index (χ4v) is 3.42. The highest BCUT2D eigenvalue weighted by atomic mass is 16.3. The highest BCUT2D eigenvalue weighted by molar-refractivity contribution is 5.75. The number of carbonyl (C=O) groups is 1. The predicted octanol–water partition coefficient (Wildman–Crippen LogP) is 0.0484. The maximum absolute atomic E-state index is 12.3. The van der Waals surface area contributed by atoms with E-state index in [1.165, 1.54) is 4.68 Å². The van der Waals surface area contributed by atoms with Crippen molar-refractivity contribution in [1.82, 2.24) is 19.7 Å². The molecular formula is C15H24N4O3. The van der Waals surface area contributed by atoms with Crippen LogP contribution < -0.4 is 11.0 Å². The van der Waals surface area contributed by atoms with Gasteiger partial charge in [-0.25, -0.2) is 9.48 Å². The summed E-state index contributed by atoms with van der Waals surface area (Å²) in [7, 11) is 0. The number of hydrogen-bond acceptors (Lipinski definition) is 4. The number of carbonyl (C=O) groups excluding carboxylic acids is 1. The maximum atomic E-state index is 12.3. The monoisotopic (exact) mass is 308 g/mol. The van der Waals surface area contributed by atoms with Crippen LogP contribution in [0.2, 0.25) is 0 Å². The lowest BCUT2D eigenvalue weighted by molar-refractivity contribution is -0.122. The van der Waals surface area contributed by atoms with Crippen molar-refractivity contribution in [2.75, 3.05) is 6.54 Å². The summed E-state index contributed by atoms with van der Waals surface area (Å²) in [6, 6.07) is 0. The van der Waals surface area contributed by atoms with Gasteiger partial charge in [0.15, 0.2) is 0 Å². The summed E-state index contributed by atoms with van der Waals surface area (Å²) in [5.41, 5.74) is -0.187. The molecule has 22 heavy (non-hydrogen) atoms. The first kappa shape index (κ1) is 15.3. The summed E-state index contributed by atoms with van der Waals surface area (Å²) >= 11 is 0. The molecule has 1 aromatic heterocycles. The van der Waals surface area contributed by atoms with Gasteiger partial charge >= 0.3 is 5.69 Å². The molecule has 2 N–H and O–H groups in total. The summed E-state index contributed by atoms with van der Waals surface area (Å²) < 4.78 is 2.96. The lowest BCUT2D eigenvalue weighted by Gasteiger charge is -2.14. The quantitative estimate of drug-likeness (QED) is 0.822. The Labute approximate surface area is 129 Å². The average molecular weight is 308 g/mol. The van der Waals surface area contributed by atoms with Crippen LogP contribution in [0.1, 0.15) is 44.3 Å². The van der Waals surface area contributed by atoms with Crippen LogP contribution >= 0.6 is 0 Å². The third kappa shape index (κ3) is 3.24. The van der Waals surface area contributed by atoms with Crippen molar-refractivity contribution in [2.45, 2.75) is 64.1 Å². The Kier molecular flexibility index (Phi) is 4.61. The number of fused-ring (bicyclic) bond motifs is 1. The number of aryl methyl sites for hydroxylation is 1. The van der Waals surface area contributed by atoms with Gasteiger partial charge in [0.05, 0.1) is 6.10 Å². The van der Waals surface area contributed by atoms with Gasteiger partial charge in [-0.05, 0) is 25.7 Å². The molecule has 2 heterocycles. The molecule has 0 bridgehead atoms. The summed E-state index contributed by atoms with van der Waals surface area (Å²) in [5.74, 6) is 0.718. The predicted molar refractivity (Wildman–Crippen MR) is 80.4 cm³/mol. The second kappa shape index (κ2) is 6.64. The van der Waals surface area contributed by atoms with Crippen LogP contribution in [0.4, 0.5) is 0 Å². The Morgan fingerprint density at radius 3 is 2.91 bits per heavy atom. The maximum Gasteiger partial charge on any atom is 0.346 e. The van der Waals surface area contributed by atoms with Crippen LogP contribution in [-0.4, -0.2) is 38.0 Å². The third-order valence-corrected chi connectivity index (χ3v) is 4.76. The molecule has 1 aliphatic carbocycles. The topological polar surface area (TPSA) is 89.2 Å². The minimum absolute atomic E-state index is 0.0400. The number of amides is 1. The van der Waals surface area contributed by atoms with Gasteiger partial charge in [-0.3, -0.25) is 9.36 Å². The first-order valence-electron chi connectivity index (χ1n) is 8.26. The van der Waals surface area contributed by atoms with E-state index >= 15 is 0 Å². The molecule has 1 fully saturated rings. The highest BCUT2D eigenvalue weighted by Gasteiger charge is 2.25. The SMILES string of the molecule is O=C(Cn1nc2n(c1=O)CCCCC2)NCC1CCCC1O. The molecule has 1 amide bonds. The minimum atomic E-state index is -0.313. The van der Waals surface area contributed by atoms with Gasteiger partial charge in [0, 0.05) is 25.4 Å². The van der Waals surface area contributed by atoms with Crippen LogP contribution in [0, 0.1) is 5.92 Å². The second-order valence-corrected chi connectivity index (χ2v) is 6.38. The lowest BCUT2D eigenvalue weighted by Crippen LogP contribution is -2.37. The summed E-state index contributed by atoms with van der Waals surface area (Å²) in [6.07, 6.45) is 6.41. The van der Waals surface area contributed by atoms with E-state index in [-0.39, 0.29) is 30.2 Å². The molecule has 0 aromatic carbocycles. The van der Waals surface area contributed by atoms with Gasteiger partial charge in [0.25, 0.3) is 0 Å². The Balaban J connectivity index is 1.58. The van der Waals surface area contributed by atoms with Crippen molar-refractivity contribution in [1.29, 1.82) is 0 Å². The summed E-state index contributed by atoms with van der Waals surface area (Å²) in [5, 5.41) is 16.9. The molecule has 1 aliphatic heterocycles. The first-order chi connectivity index (χ1) is 10.6. The molecule has 1 saturated carbocycles. The van der Waals surface area contributed by atoms with Crippen molar-refractivity contribution < 1.29 is 9.90 Å². The van der Waals surface area contributed by atoms with E-state index in [4.69, 9.17) is 0 Å². The van der Waals surface area contributed by atoms with Crippen LogP contribution in [0.25, 0.3) is 0 Å². The van der Waals surface area contributed by atoms with Gasteiger partial charge < -0.3 is 10.4 Å². The first-order valence-corrected chi connectivity index (χ1v) is 8.26. The second-order valence-electron chi connectivity index (χ2n) is 6.38. The van der Waals surface area contributed by atoms with E-state index in [0.717, 1.165) is 50.8 Å². The lowest BCUT2D eigenvalue weighted by atomic mass is 10.1. The Bertz CT molecular complexity index is 592. The number of hydrogen-bond donors (Lipinski definition) is 2. The normalized spacial score (nSPS) is 24.8. The van der Waals surface area contributed by atoms with Crippen LogP contribution in [0.5, 0.6) is 0 Å². The fourth-order valence-electron chi connectivity index (χ4n) is 3.42. The zero-order valence-electron chi connectivity index (χ0n) is 12.8. The minimum Gasteiger partial charge on any atom is -0.393 e. The van der Waals surface area contributed by atoms with Gasteiger partial charge in [-0.1, -0.05) is 12.8 Å². The fraction of sp³-hybridized carbons (Fsp3) is 0.800. The number of aliphatic hydroxyl groups excluding tert-OH is 1. The van der Waals surface area contributed by atoms with Crippen molar-refractivity contribution in [3.8, 4) is 0 Å². The molecule has 7 heteroatoms. The van der Waals surface area contributed by atoms with Gasteiger partial charge in [0.1, 0.15) is 12.4 Å². The van der Waals surface area contributed by atoms with E-state index in [9.17, 15) is 14.7 Å². The van der Waals surface area contributed by atoms with E-state index in [0.29, 0.717) is 13.1 Å². The molecule has 2 aliphatic rings. The molecule has 3 rings (SSSR count). The van der Waals surface area contributed by atoms with E-state index in [1.807, 2.05) is 0 Å². The molecule has 0 radical (unpaired) electrons. The molecule has 122 valence electrons. The molecule has 0 saturated heterocycles. The molecule has 2 atom stereocenters. The molecule has 1 aromatic rings. The van der Waals surface area contributed by atoms with Crippen molar-refractivity contribution in [2.24, 2.45) is 5.92 Å². The van der Waals surface area contributed by atoms with E-state index < -0.39 is 0 Å². The summed E-state index contributed by atoms with van der Waals surface area (Å²) in [6.45, 7) is 1.13. The summed E-state index contributed by atoms with van der Waals surface area (Å²) in [4.78, 5) is 24.3. The van der Waals surface area contributed by atoms with Gasteiger partial charge in [-0.15, -0.1) is 0 Å². The van der Waals surface area contributed by atoms with E-state index in [2.05, 4.69) is 10.4 Å². The third-order valence-electron chi connectivity index (χ3n) is 4.76. The number of nitrogens with zero attached hydrogens (tertiary/aromatic N) is 3. The Morgan fingerprint density at radius 1 is 1.27 bits per heavy atom. The average Bonchev–Trinajstić information content (AvgIpc) is 2.92.